The number of amides is 1. The van der Waals surface area contributed by atoms with E-state index in [-0.39, 0.29) is 17.2 Å². The number of nitrogens with one attached hydrogen (secondary N) is 1. The molecule has 0 bridgehead atoms. The molecular formula is C16H24N2O3S. The van der Waals surface area contributed by atoms with Gasteiger partial charge in [0, 0.05) is 30.6 Å². The Kier molecular flexibility index (Phi) is 5.94. The first-order chi connectivity index (χ1) is 10.4. The molecule has 1 aliphatic carbocycles. The number of rotatable bonds is 6. The summed E-state index contributed by atoms with van der Waals surface area (Å²) in [6, 6.07) is 5.76. The Morgan fingerprint density at radius 2 is 2.18 bits per heavy atom. The van der Waals surface area contributed by atoms with Crippen LogP contribution in [0.4, 0.5) is 0 Å². The van der Waals surface area contributed by atoms with Gasteiger partial charge in [0.2, 0.25) is 5.91 Å². The molecule has 22 heavy (non-hydrogen) atoms. The third-order valence-corrected chi connectivity index (χ3v) is 5.80. The summed E-state index contributed by atoms with van der Waals surface area (Å²) >= 11 is 0. The van der Waals surface area contributed by atoms with Gasteiger partial charge < -0.3 is 5.32 Å². The first-order valence-corrected chi connectivity index (χ1v) is 9.79. The van der Waals surface area contributed by atoms with Crippen molar-refractivity contribution in [2.45, 2.75) is 56.2 Å². The number of aromatic nitrogens is 1. The molecule has 1 saturated carbocycles. The zero-order valence-electron chi connectivity index (χ0n) is 13.0. The van der Waals surface area contributed by atoms with Gasteiger partial charge in [-0.1, -0.05) is 12.5 Å². The lowest BCUT2D eigenvalue weighted by molar-refractivity contribution is -0.122. The zero-order chi connectivity index (χ0) is 16.0. The van der Waals surface area contributed by atoms with Crippen molar-refractivity contribution in [1.29, 1.82) is 0 Å². The molecule has 2 atom stereocenters. The molecule has 0 unspecified atom stereocenters. The average molecular weight is 324 g/mol. The van der Waals surface area contributed by atoms with Gasteiger partial charge in [-0.3, -0.25) is 9.78 Å². The van der Waals surface area contributed by atoms with Gasteiger partial charge >= 0.3 is 0 Å². The zero-order valence-corrected chi connectivity index (χ0v) is 13.8. The van der Waals surface area contributed by atoms with Crippen LogP contribution in [-0.4, -0.2) is 36.9 Å². The summed E-state index contributed by atoms with van der Waals surface area (Å²) in [6.45, 7) is 0. The molecule has 1 amide bonds. The lowest BCUT2D eigenvalue weighted by atomic mass is 9.95. The SMILES string of the molecule is CS(=O)(=O)[C@@H]1CCC[C@H](NC(=O)CCCc2ccccn2)C1. The molecule has 0 aromatic carbocycles. The van der Waals surface area contributed by atoms with Crippen LogP contribution in [0.3, 0.4) is 0 Å². The summed E-state index contributed by atoms with van der Waals surface area (Å²) in [5.74, 6) is 0.00934. The fourth-order valence-corrected chi connectivity index (χ4v) is 4.12. The summed E-state index contributed by atoms with van der Waals surface area (Å²) in [5, 5.41) is 2.68. The van der Waals surface area contributed by atoms with Crippen LogP contribution in [-0.2, 0) is 21.1 Å². The smallest absolute Gasteiger partial charge is 0.220 e. The number of hydrogen-bond acceptors (Lipinski definition) is 4. The standard InChI is InChI=1S/C16H24N2O3S/c1-22(20,21)15-9-4-8-14(12-15)18-16(19)10-5-7-13-6-2-3-11-17-13/h2-3,6,11,14-15H,4-5,7-10,12H2,1H3,(H,18,19)/t14-,15+/m0/s1. The summed E-state index contributed by atoms with van der Waals surface area (Å²) < 4.78 is 23.3. The van der Waals surface area contributed by atoms with E-state index in [1.807, 2.05) is 18.2 Å². The Morgan fingerprint density at radius 3 is 2.86 bits per heavy atom. The number of pyridine rings is 1. The van der Waals surface area contributed by atoms with E-state index >= 15 is 0 Å². The van der Waals surface area contributed by atoms with Crippen molar-refractivity contribution < 1.29 is 13.2 Å². The van der Waals surface area contributed by atoms with Gasteiger partial charge in [-0.25, -0.2) is 8.42 Å². The summed E-state index contributed by atoms with van der Waals surface area (Å²) in [6.07, 6.45) is 8.02. The lowest BCUT2D eigenvalue weighted by Gasteiger charge is -2.28. The number of hydrogen-bond donors (Lipinski definition) is 1. The second-order valence-corrected chi connectivity index (χ2v) is 8.38. The molecule has 1 heterocycles. The highest BCUT2D eigenvalue weighted by molar-refractivity contribution is 7.91. The van der Waals surface area contributed by atoms with Crippen LogP contribution >= 0.6 is 0 Å². The van der Waals surface area contributed by atoms with Gasteiger partial charge in [-0.15, -0.1) is 0 Å². The third-order valence-electron chi connectivity index (χ3n) is 4.16. The molecular weight excluding hydrogens is 300 g/mol. The highest BCUT2D eigenvalue weighted by Crippen LogP contribution is 2.23. The highest BCUT2D eigenvalue weighted by Gasteiger charge is 2.29. The van der Waals surface area contributed by atoms with Gasteiger partial charge in [0.15, 0.2) is 0 Å². The molecule has 2 rings (SSSR count). The maximum Gasteiger partial charge on any atom is 0.220 e. The molecule has 1 fully saturated rings. The van der Waals surface area contributed by atoms with Gasteiger partial charge in [0.25, 0.3) is 0 Å². The number of carbonyl (C=O) groups excluding carboxylic acids is 1. The van der Waals surface area contributed by atoms with Gasteiger partial charge in [0.1, 0.15) is 9.84 Å². The predicted molar refractivity (Wildman–Crippen MR) is 86.2 cm³/mol. The molecule has 0 radical (unpaired) electrons. The summed E-state index contributed by atoms with van der Waals surface area (Å²) in [7, 11) is -3.01. The maximum atomic E-state index is 12.0. The number of aryl methyl sites for hydroxylation is 1. The van der Waals surface area contributed by atoms with Crippen molar-refractivity contribution >= 4 is 15.7 Å². The second kappa shape index (κ2) is 7.72. The molecule has 0 spiro atoms. The van der Waals surface area contributed by atoms with Crippen molar-refractivity contribution in [3.63, 3.8) is 0 Å². The Balaban J connectivity index is 1.72. The van der Waals surface area contributed by atoms with Crippen molar-refractivity contribution in [1.82, 2.24) is 10.3 Å². The van der Waals surface area contributed by atoms with Crippen LogP contribution in [0.5, 0.6) is 0 Å². The minimum atomic E-state index is -3.01. The Bertz CT molecular complexity index is 587. The number of sulfone groups is 1. The molecule has 1 aromatic heterocycles. The fraction of sp³-hybridized carbons (Fsp3) is 0.625. The quantitative estimate of drug-likeness (QED) is 0.867. The normalized spacial score (nSPS) is 22.2. The van der Waals surface area contributed by atoms with E-state index in [1.165, 1.54) is 6.26 Å². The lowest BCUT2D eigenvalue weighted by Crippen LogP contribution is -2.41. The fourth-order valence-electron chi connectivity index (χ4n) is 2.94. The molecule has 1 aromatic rings. The minimum absolute atomic E-state index is 0.00387. The summed E-state index contributed by atoms with van der Waals surface area (Å²) in [5.41, 5.74) is 0.991. The van der Waals surface area contributed by atoms with Crippen LogP contribution in [0.2, 0.25) is 0 Å². The predicted octanol–water partition coefficient (Wildman–Crippen LogP) is 1.88. The van der Waals surface area contributed by atoms with Crippen LogP contribution in [0.25, 0.3) is 0 Å². The van der Waals surface area contributed by atoms with Gasteiger partial charge in [0.05, 0.1) is 5.25 Å². The van der Waals surface area contributed by atoms with E-state index in [1.54, 1.807) is 6.20 Å². The van der Waals surface area contributed by atoms with E-state index in [0.717, 1.165) is 31.4 Å². The van der Waals surface area contributed by atoms with Gasteiger partial charge in [-0.05, 0) is 44.2 Å². The monoisotopic (exact) mass is 324 g/mol. The van der Waals surface area contributed by atoms with E-state index in [2.05, 4.69) is 10.3 Å². The molecule has 0 aliphatic heterocycles. The first-order valence-electron chi connectivity index (χ1n) is 7.83. The summed E-state index contributed by atoms with van der Waals surface area (Å²) in [4.78, 5) is 16.2. The van der Waals surface area contributed by atoms with Gasteiger partial charge in [-0.2, -0.15) is 0 Å². The van der Waals surface area contributed by atoms with E-state index in [0.29, 0.717) is 19.3 Å². The van der Waals surface area contributed by atoms with Crippen molar-refractivity contribution in [3.05, 3.63) is 30.1 Å². The maximum absolute atomic E-state index is 12.0. The van der Waals surface area contributed by atoms with Crippen LogP contribution in [0.15, 0.2) is 24.4 Å². The number of carbonyl (C=O) groups is 1. The van der Waals surface area contributed by atoms with Crippen LogP contribution in [0, 0.1) is 0 Å². The minimum Gasteiger partial charge on any atom is -0.353 e. The van der Waals surface area contributed by atoms with E-state index in [9.17, 15) is 13.2 Å². The van der Waals surface area contributed by atoms with Crippen LogP contribution in [0.1, 0.15) is 44.2 Å². The van der Waals surface area contributed by atoms with Crippen molar-refractivity contribution in [2.24, 2.45) is 0 Å². The van der Waals surface area contributed by atoms with E-state index in [4.69, 9.17) is 0 Å². The largest absolute Gasteiger partial charge is 0.353 e. The second-order valence-electron chi connectivity index (χ2n) is 6.06. The Morgan fingerprint density at radius 1 is 1.36 bits per heavy atom. The van der Waals surface area contributed by atoms with E-state index < -0.39 is 9.84 Å². The molecule has 1 N–H and O–H groups in total. The Hall–Kier alpha value is -1.43. The highest BCUT2D eigenvalue weighted by atomic mass is 32.2. The molecule has 5 nitrogen and oxygen atoms in total. The molecule has 122 valence electrons. The third kappa shape index (κ3) is 5.40. The Labute approximate surface area is 132 Å². The van der Waals surface area contributed by atoms with Crippen molar-refractivity contribution in [3.8, 4) is 0 Å². The molecule has 0 saturated heterocycles. The topological polar surface area (TPSA) is 76.1 Å². The molecule has 1 aliphatic rings. The average Bonchev–Trinajstić information content (AvgIpc) is 2.48. The molecule has 6 heteroatoms. The number of nitrogens with zero attached hydrogens (tertiary/aromatic N) is 1. The van der Waals surface area contributed by atoms with Crippen LogP contribution < -0.4 is 5.32 Å². The first kappa shape index (κ1) is 16.9. The van der Waals surface area contributed by atoms with Crippen molar-refractivity contribution in [2.75, 3.05) is 6.26 Å².